The first-order valence-corrected chi connectivity index (χ1v) is 7.48. The summed E-state index contributed by atoms with van der Waals surface area (Å²) in [5.41, 5.74) is 2.00. The Balaban J connectivity index is 1.95. The van der Waals surface area contributed by atoms with Crippen LogP contribution in [0.2, 0.25) is 0 Å². The summed E-state index contributed by atoms with van der Waals surface area (Å²) in [5, 5.41) is 11.0. The topological polar surface area (TPSA) is 53.4 Å². The van der Waals surface area contributed by atoms with Gasteiger partial charge in [-0.25, -0.2) is 0 Å². The number of phenolic OH excluding ortho intramolecular Hbond substituents is 1. The van der Waals surface area contributed by atoms with Crippen LogP contribution in [0.3, 0.4) is 0 Å². The van der Waals surface area contributed by atoms with Gasteiger partial charge in [-0.1, -0.05) is 36.4 Å². The molecule has 1 heterocycles. The fourth-order valence-corrected chi connectivity index (χ4v) is 2.60. The lowest BCUT2D eigenvalue weighted by Gasteiger charge is -2.25. The lowest BCUT2D eigenvalue weighted by atomic mass is 10.0. The van der Waals surface area contributed by atoms with Crippen LogP contribution in [0.15, 0.2) is 60.8 Å². The summed E-state index contributed by atoms with van der Waals surface area (Å²) in [5.74, 6) is -0.256. The quantitative estimate of drug-likeness (QED) is 0.801. The van der Waals surface area contributed by atoms with Crippen LogP contribution in [0.1, 0.15) is 28.9 Å². The van der Waals surface area contributed by atoms with E-state index >= 15 is 0 Å². The zero-order valence-electron chi connectivity index (χ0n) is 13.1. The summed E-state index contributed by atoms with van der Waals surface area (Å²) in [6, 6.07) is 16.6. The maximum Gasteiger partial charge on any atom is 0.257 e. The minimum atomic E-state index is -0.230. The smallest absolute Gasteiger partial charge is 0.257 e. The number of carbonyl (C=O) groups excluding carboxylic acids is 1. The van der Waals surface area contributed by atoms with Crippen molar-refractivity contribution in [2.75, 3.05) is 7.05 Å². The summed E-state index contributed by atoms with van der Waals surface area (Å²) in [4.78, 5) is 18.6. The second kappa shape index (κ2) is 6.08. The van der Waals surface area contributed by atoms with E-state index in [1.54, 1.807) is 36.3 Å². The van der Waals surface area contributed by atoms with Crippen LogP contribution in [-0.4, -0.2) is 27.9 Å². The number of fused-ring (bicyclic) bond motifs is 1. The van der Waals surface area contributed by atoms with Crippen LogP contribution >= 0.6 is 0 Å². The molecule has 4 heteroatoms. The third-order valence-corrected chi connectivity index (χ3v) is 4.13. The number of amides is 1. The molecule has 0 spiro atoms. The number of nitrogens with zero attached hydrogens (tertiary/aromatic N) is 2. The average molecular weight is 306 g/mol. The highest BCUT2D eigenvalue weighted by molar-refractivity contribution is 6.00. The van der Waals surface area contributed by atoms with Crippen molar-refractivity contribution in [3.8, 4) is 5.75 Å². The Hall–Kier alpha value is -2.88. The minimum Gasteiger partial charge on any atom is -0.507 e. The molecule has 0 aliphatic rings. The van der Waals surface area contributed by atoms with Crippen LogP contribution in [0.25, 0.3) is 10.9 Å². The van der Waals surface area contributed by atoms with E-state index in [9.17, 15) is 9.90 Å². The molecule has 0 radical (unpaired) electrons. The van der Waals surface area contributed by atoms with Crippen LogP contribution in [0, 0.1) is 0 Å². The summed E-state index contributed by atoms with van der Waals surface area (Å²) in [6.07, 6.45) is 1.67. The number of aromatic nitrogens is 1. The predicted octanol–water partition coefficient (Wildman–Crippen LogP) is 3.77. The second-order valence-electron chi connectivity index (χ2n) is 5.57. The average Bonchev–Trinajstić information content (AvgIpc) is 2.60. The van der Waals surface area contributed by atoms with Crippen molar-refractivity contribution < 1.29 is 9.90 Å². The summed E-state index contributed by atoms with van der Waals surface area (Å²) in [6.45, 7) is 1.96. The van der Waals surface area contributed by atoms with E-state index in [0.29, 0.717) is 5.52 Å². The number of pyridine rings is 1. The van der Waals surface area contributed by atoms with Gasteiger partial charge >= 0.3 is 0 Å². The molecule has 4 nitrogen and oxygen atoms in total. The van der Waals surface area contributed by atoms with Gasteiger partial charge in [0.1, 0.15) is 5.75 Å². The van der Waals surface area contributed by atoms with Crippen LogP contribution < -0.4 is 0 Å². The molecule has 0 fully saturated rings. The molecule has 0 saturated heterocycles. The Kier molecular flexibility index (Phi) is 3.98. The van der Waals surface area contributed by atoms with Crippen LogP contribution in [0.4, 0.5) is 0 Å². The van der Waals surface area contributed by atoms with E-state index in [1.165, 1.54) is 0 Å². The summed E-state index contributed by atoms with van der Waals surface area (Å²) < 4.78 is 0. The summed E-state index contributed by atoms with van der Waals surface area (Å²) in [7, 11) is 1.74. The number of phenols is 1. The molecule has 1 amide bonds. The SMILES string of the molecule is CC(c1ccccc1)N(C)C(=O)c1cc2ncccc2cc1O. The van der Waals surface area contributed by atoms with Crippen molar-refractivity contribution in [3.05, 3.63) is 71.9 Å². The van der Waals surface area contributed by atoms with Gasteiger partial charge in [0.15, 0.2) is 0 Å². The van der Waals surface area contributed by atoms with Crippen molar-refractivity contribution in [2.24, 2.45) is 0 Å². The molecule has 23 heavy (non-hydrogen) atoms. The first-order chi connectivity index (χ1) is 11.1. The third kappa shape index (κ3) is 2.88. The molecular weight excluding hydrogens is 288 g/mol. The normalized spacial score (nSPS) is 12.1. The number of rotatable bonds is 3. The van der Waals surface area contributed by atoms with Gasteiger partial charge < -0.3 is 10.0 Å². The van der Waals surface area contributed by atoms with E-state index in [0.717, 1.165) is 10.9 Å². The monoisotopic (exact) mass is 306 g/mol. The second-order valence-corrected chi connectivity index (χ2v) is 5.57. The molecule has 0 aliphatic carbocycles. The van der Waals surface area contributed by atoms with E-state index in [-0.39, 0.29) is 23.3 Å². The molecule has 0 aliphatic heterocycles. The molecular formula is C19H18N2O2. The molecule has 1 unspecified atom stereocenters. The highest BCUT2D eigenvalue weighted by atomic mass is 16.3. The Bertz CT molecular complexity index is 846. The summed E-state index contributed by atoms with van der Waals surface area (Å²) >= 11 is 0. The van der Waals surface area contributed by atoms with Crippen molar-refractivity contribution >= 4 is 16.8 Å². The van der Waals surface area contributed by atoms with Crippen molar-refractivity contribution in [3.63, 3.8) is 0 Å². The zero-order valence-corrected chi connectivity index (χ0v) is 13.1. The molecule has 2 aromatic carbocycles. The first kappa shape index (κ1) is 15.0. The van der Waals surface area contributed by atoms with Gasteiger partial charge in [0.05, 0.1) is 17.1 Å². The number of benzene rings is 2. The Morgan fingerprint density at radius 3 is 2.61 bits per heavy atom. The maximum absolute atomic E-state index is 12.8. The lowest BCUT2D eigenvalue weighted by molar-refractivity contribution is 0.0740. The van der Waals surface area contributed by atoms with Crippen molar-refractivity contribution in [1.82, 2.24) is 9.88 Å². The highest BCUT2D eigenvalue weighted by Crippen LogP contribution is 2.27. The Morgan fingerprint density at radius 1 is 1.13 bits per heavy atom. The molecule has 116 valence electrons. The predicted molar refractivity (Wildman–Crippen MR) is 90.4 cm³/mol. The lowest BCUT2D eigenvalue weighted by Crippen LogP contribution is -2.29. The standard InChI is InChI=1S/C19H18N2O2/c1-13(14-7-4-3-5-8-14)21(2)19(23)16-12-17-15(11-18(16)22)9-6-10-20-17/h3-13,22H,1-2H3. The van der Waals surface area contributed by atoms with Gasteiger partial charge in [-0.15, -0.1) is 0 Å². The van der Waals surface area contributed by atoms with Crippen molar-refractivity contribution in [1.29, 1.82) is 0 Å². The molecule has 3 rings (SSSR count). The molecule has 0 saturated carbocycles. The van der Waals surface area contributed by atoms with Gasteiger partial charge in [-0.2, -0.15) is 0 Å². The molecule has 0 bridgehead atoms. The van der Waals surface area contributed by atoms with Crippen LogP contribution in [0.5, 0.6) is 5.75 Å². The van der Waals surface area contributed by atoms with Crippen LogP contribution in [-0.2, 0) is 0 Å². The van der Waals surface area contributed by atoms with Gasteiger partial charge in [0, 0.05) is 18.6 Å². The molecule has 1 aromatic heterocycles. The zero-order chi connectivity index (χ0) is 16.4. The number of aromatic hydroxyl groups is 1. The van der Waals surface area contributed by atoms with E-state index in [1.807, 2.05) is 43.3 Å². The first-order valence-electron chi connectivity index (χ1n) is 7.48. The van der Waals surface area contributed by atoms with Gasteiger partial charge in [-0.05, 0) is 30.7 Å². The fourth-order valence-electron chi connectivity index (χ4n) is 2.60. The molecule has 1 N–H and O–H groups in total. The third-order valence-electron chi connectivity index (χ3n) is 4.13. The minimum absolute atomic E-state index is 0.0254. The maximum atomic E-state index is 12.8. The highest BCUT2D eigenvalue weighted by Gasteiger charge is 2.21. The van der Waals surface area contributed by atoms with E-state index in [2.05, 4.69) is 4.98 Å². The van der Waals surface area contributed by atoms with Crippen molar-refractivity contribution in [2.45, 2.75) is 13.0 Å². The Labute approximate surface area is 135 Å². The largest absolute Gasteiger partial charge is 0.507 e. The Morgan fingerprint density at radius 2 is 1.87 bits per heavy atom. The van der Waals surface area contributed by atoms with Gasteiger partial charge in [0.25, 0.3) is 5.91 Å². The van der Waals surface area contributed by atoms with Gasteiger partial charge in [-0.3, -0.25) is 9.78 Å². The molecule has 1 atom stereocenters. The number of hydrogen-bond donors (Lipinski definition) is 1. The fraction of sp³-hybridized carbons (Fsp3) is 0.158. The molecule has 3 aromatic rings. The number of hydrogen-bond acceptors (Lipinski definition) is 3. The number of carbonyl (C=O) groups is 1. The van der Waals surface area contributed by atoms with E-state index in [4.69, 9.17) is 0 Å². The van der Waals surface area contributed by atoms with E-state index < -0.39 is 0 Å². The van der Waals surface area contributed by atoms with Gasteiger partial charge in [0.2, 0.25) is 0 Å².